The first kappa shape index (κ1) is 25.1. The lowest BCUT2D eigenvalue weighted by atomic mass is 10.0. The average Bonchev–Trinajstić information content (AvgIpc) is 3.24. The maximum absolute atomic E-state index is 15.4. The van der Waals surface area contributed by atoms with Gasteiger partial charge in [-0.05, 0) is 35.4 Å². The number of rotatable bonds is 6. The molecule has 5 rings (SSSR count). The summed E-state index contributed by atoms with van der Waals surface area (Å²) in [6.07, 6.45) is -0.888. The molecule has 37 heavy (non-hydrogen) atoms. The van der Waals surface area contributed by atoms with E-state index in [1.54, 1.807) is 26.3 Å². The molecule has 0 aliphatic carbocycles. The predicted molar refractivity (Wildman–Crippen MR) is 137 cm³/mol. The van der Waals surface area contributed by atoms with Gasteiger partial charge in [0.25, 0.3) is 5.91 Å². The van der Waals surface area contributed by atoms with Crippen molar-refractivity contribution in [1.82, 2.24) is 15.2 Å². The van der Waals surface area contributed by atoms with Gasteiger partial charge in [0.05, 0.1) is 24.3 Å². The van der Waals surface area contributed by atoms with Gasteiger partial charge in [-0.1, -0.05) is 12.1 Å². The molecule has 2 aromatic heterocycles. The minimum atomic E-state index is -0.913. The van der Waals surface area contributed by atoms with Crippen LogP contribution in [0.1, 0.15) is 4.88 Å². The third kappa shape index (κ3) is 5.01. The highest BCUT2D eigenvalue weighted by molar-refractivity contribution is 7.19. The van der Waals surface area contributed by atoms with Crippen molar-refractivity contribution in [1.29, 1.82) is 5.26 Å². The second kappa shape index (κ2) is 10.4. The molecule has 3 atom stereocenters. The van der Waals surface area contributed by atoms with Crippen molar-refractivity contribution < 1.29 is 23.1 Å². The maximum Gasteiger partial charge on any atom is 0.419 e. The number of ether oxygens (including phenoxy) is 2. The van der Waals surface area contributed by atoms with Gasteiger partial charge in [0.15, 0.2) is 5.58 Å². The average molecular weight is 525 g/mol. The van der Waals surface area contributed by atoms with Gasteiger partial charge in [0.1, 0.15) is 18.0 Å². The van der Waals surface area contributed by atoms with Gasteiger partial charge in [-0.3, -0.25) is 9.36 Å². The summed E-state index contributed by atoms with van der Waals surface area (Å²) in [7, 11) is 3.21. The van der Waals surface area contributed by atoms with Gasteiger partial charge in [-0.2, -0.15) is 5.26 Å². The lowest BCUT2D eigenvalue weighted by Crippen LogP contribution is -2.46. The highest BCUT2D eigenvalue weighted by atomic mass is 32.1. The zero-order valence-corrected chi connectivity index (χ0v) is 21.1. The van der Waals surface area contributed by atoms with Crippen molar-refractivity contribution in [3.05, 3.63) is 57.6 Å². The van der Waals surface area contributed by atoms with Crippen molar-refractivity contribution in [2.75, 3.05) is 26.8 Å². The van der Waals surface area contributed by atoms with Crippen LogP contribution in [-0.4, -0.2) is 55.5 Å². The summed E-state index contributed by atoms with van der Waals surface area (Å²) in [5.41, 5.74) is 2.72. The van der Waals surface area contributed by atoms with Gasteiger partial charge >= 0.3 is 5.76 Å². The first-order valence-electron chi connectivity index (χ1n) is 11.7. The second-order valence-corrected chi connectivity index (χ2v) is 10.0. The molecule has 0 bridgehead atoms. The molecule has 2 aromatic carbocycles. The lowest BCUT2D eigenvalue weighted by molar-refractivity contribution is -0.133. The number of nitrogens with one attached hydrogen (secondary N) is 2. The van der Waals surface area contributed by atoms with Crippen molar-refractivity contribution in [2.45, 2.75) is 24.7 Å². The van der Waals surface area contributed by atoms with Crippen LogP contribution in [0.4, 0.5) is 4.39 Å². The zero-order valence-electron chi connectivity index (χ0n) is 20.2. The Morgan fingerprint density at radius 2 is 2.11 bits per heavy atom. The molecule has 1 aliphatic rings. The number of halogens is 1. The fourth-order valence-electron chi connectivity index (χ4n) is 4.35. The van der Waals surface area contributed by atoms with E-state index in [9.17, 15) is 14.9 Å². The Bertz CT molecular complexity index is 1570. The van der Waals surface area contributed by atoms with Crippen LogP contribution < -0.4 is 16.4 Å². The number of hydrogen-bond acceptors (Lipinski definition) is 8. The third-order valence-corrected chi connectivity index (χ3v) is 7.66. The normalized spacial score (nSPS) is 19.0. The summed E-state index contributed by atoms with van der Waals surface area (Å²) in [4.78, 5) is 24.9. The number of aryl methyl sites for hydroxylation is 1. The smallest absolute Gasteiger partial charge is 0.408 e. The van der Waals surface area contributed by atoms with E-state index in [1.807, 2.05) is 24.3 Å². The SMILES string of the molecule is COC1CNCC(C(=O)NC(C#N)Cc2sc3ccc(-c4ccc5oc(=O)n(C)c5c4)cc3c2F)OC1. The van der Waals surface area contributed by atoms with E-state index >= 15 is 4.39 Å². The topological polar surface area (TPSA) is 119 Å². The second-order valence-electron chi connectivity index (χ2n) is 8.89. The first-order valence-corrected chi connectivity index (χ1v) is 12.6. The Hall–Kier alpha value is -3.56. The third-order valence-electron chi connectivity index (χ3n) is 6.49. The van der Waals surface area contributed by atoms with Crippen LogP contribution in [0.5, 0.6) is 0 Å². The number of carbonyl (C=O) groups excluding carboxylic acids is 1. The monoisotopic (exact) mass is 524 g/mol. The van der Waals surface area contributed by atoms with Crippen molar-refractivity contribution >= 4 is 38.4 Å². The minimum Gasteiger partial charge on any atom is -0.408 e. The van der Waals surface area contributed by atoms with Gasteiger partial charge in [-0.15, -0.1) is 11.3 Å². The number of benzene rings is 2. The number of carbonyl (C=O) groups is 1. The number of nitriles is 1. The number of amides is 1. The Balaban J connectivity index is 1.34. The minimum absolute atomic E-state index is 0.0344. The van der Waals surface area contributed by atoms with Crippen LogP contribution in [-0.2, 0) is 27.7 Å². The Kier molecular flexibility index (Phi) is 7.08. The molecule has 1 aliphatic heterocycles. The van der Waals surface area contributed by atoms with E-state index in [4.69, 9.17) is 13.9 Å². The highest BCUT2D eigenvalue weighted by Crippen LogP contribution is 2.34. The molecule has 1 fully saturated rings. The van der Waals surface area contributed by atoms with Crippen LogP contribution in [0, 0.1) is 17.1 Å². The van der Waals surface area contributed by atoms with E-state index in [-0.39, 0.29) is 19.1 Å². The molecule has 0 saturated carbocycles. The van der Waals surface area contributed by atoms with Crippen molar-refractivity contribution in [3.8, 4) is 17.2 Å². The zero-order chi connectivity index (χ0) is 26.1. The summed E-state index contributed by atoms with van der Waals surface area (Å²) in [5.74, 6) is -1.29. The molecule has 3 unspecified atom stereocenters. The molecular formula is C26H25FN4O5S. The molecule has 192 valence electrons. The number of hydrogen-bond donors (Lipinski definition) is 2. The largest absolute Gasteiger partial charge is 0.419 e. The molecular weight excluding hydrogens is 499 g/mol. The summed E-state index contributed by atoms with van der Waals surface area (Å²) >= 11 is 1.25. The molecule has 11 heteroatoms. The summed E-state index contributed by atoms with van der Waals surface area (Å²) in [5, 5.41) is 15.9. The molecule has 1 amide bonds. The number of aromatic nitrogens is 1. The predicted octanol–water partition coefficient (Wildman–Crippen LogP) is 2.71. The number of nitrogens with zero attached hydrogens (tertiary/aromatic N) is 2. The van der Waals surface area contributed by atoms with Gasteiger partial charge < -0.3 is 24.5 Å². The molecule has 1 saturated heterocycles. The van der Waals surface area contributed by atoms with Gasteiger partial charge in [0, 0.05) is 48.6 Å². The fraction of sp³-hybridized carbons (Fsp3) is 0.346. The van der Waals surface area contributed by atoms with Crippen molar-refractivity contribution in [2.24, 2.45) is 7.05 Å². The molecule has 9 nitrogen and oxygen atoms in total. The van der Waals surface area contributed by atoms with Crippen LogP contribution in [0.2, 0.25) is 0 Å². The Labute approximate surface area is 215 Å². The highest BCUT2D eigenvalue weighted by Gasteiger charge is 2.27. The van der Waals surface area contributed by atoms with Gasteiger partial charge in [0.2, 0.25) is 0 Å². The van der Waals surface area contributed by atoms with E-state index in [1.165, 1.54) is 15.9 Å². The standard InChI is InChI=1S/C26H25FN4O5S/c1-31-19-8-15(3-5-20(19)36-26(31)33)14-4-6-22-18(7-14)24(27)23(37-22)9-16(10-28)30-25(32)21-12-29-11-17(34-2)13-35-21/h3-8,16-17,21,29H,9,11-13H2,1-2H3,(H,30,32). The van der Waals surface area contributed by atoms with E-state index in [0.717, 1.165) is 15.8 Å². The van der Waals surface area contributed by atoms with E-state index in [2.05, 4.69) is 16.7 Å². The molecule has 4 aromatic rings. The van der Waals surface area contributed by atoms with Crippen molar-refractivity contribution in [3.63, 3.8) is 0 Å². The molecule has 3 heterocycles. The summed E-state index contributed by atoms with van der Waals surface area (Å²) < 4.78 is 33.7. The van der Waals surface area contributed by atoms with Crippen LogP contribution in [0.3, 0.4) is 0 Å². The maximum atomic E-state index is 15.4. The van der Waals surface area contributed by atoms with E-state index in [0.29, 0.717) is 34.5 Å². The first-order chi connectivity index (χ1) is 17.9. The number of thiophene rings is 1. The summed E-state index contributed by atoms with van der Waals surface area (Å²) in [6.45, 7) is 1.11. The quantitative estimate of drug-likeness (QED) is 0.398. The Morgan fingerprint density at radius 3 is 2.89 bits per heavy atom. The van der Waals surface area contributed by atoms with Crippen LogP contribution in [0.25, 0.3) is 32.3 Å². The number of oxazole rings is 1. The lowest BCUT2D eigenvalue weighted by Gasteiger charge is -2.18. The van der Waals surface area contributed by atoms with Gasteiger partial charge in [-0.25, -0.2) is 9.18 Å². The molecule has 0 radical (unpaired) electrons. The fourth-order valence-corrected chi connectivity index (χ4v) is 5.46. The summed E-state index contributed by atoms with van der Waals surface area (Å²) in [6, 6.07) is 12.0. The van der Waals surface area contributed by atoms with Crippen LogP contribution in [0.15, 0.2) is 45.6 Å². The Morgan fingerprint density at radius 1 is 1.32 bits per heavy atom. The number of methoxy groups -OCH3 is 1. The van der Waals surface area contributed by atoms with Crippen LogP contribution >= 0.6 is 11.3 Å². The van der Waals surface area contributed by atoms with E-state index < -0.39 is 29.6 Å². The number of fused-ring (bicyclic) bond motifs is 2. The molecule has 2 N–H and O–H groups in total. The molecule has 0 spiro atoms.